The smallest absolute Gasteiger partial charge is 0.186 e. The lowest BCUT2D eigenvalue weighted by Crippen LogP contribution is -1.89. The molecule has 0 bridgehead atoms. The van der Waals surface area contributed by atoms with Gasteiger partial charge in [0.2, 0.25) is 0 Å². The van der Waals surface area contributed by atoms with Gasteiger partial charge in [0.25, 0.3) is 0 Å². The molecule has 3 rings (SSSR count). The van der Waals surface area contributed by atoms with E-state index in [2.05, 4.69) is 5.16 Å². The molecule has 0 amide bonds. The number of nitrogens with zero attached hydrogens (tertiary/aromatic N) is 1. The van der Waals surface area contributed by atoms with Crippen LogP contribution in [0.1, 0.15) is 0 Å². The van der Waals surface area contributed by atoms with Gasteiger partial charge >= 0.3 is 0 Å². The number of anilines is 1. The Hall–Kier alpha value is -2.47. The van der Waals surface area contributed by atoms with E-state index >= 15 is 0 Å². The number of thiophene rings is 1. The second-order valence-corrected chi connectivity index (χ2v) is 5.26. The third-order valence-electron chi connectivity index (χ3n) is 3.13. The average Bonchev–Trinajstić information content (AvgIpc) is 3.13. The zero-order chi connectivity index (χ0) is 14.8. The minimum absolute atomic E-state index is 0.363. The molecule has 2 heterocycles. The standard InChI is InChI=1S/C15H14N2O3S/c1-18-10-5-3-9(4-6-10)13-14(20-17-15(13)16)12-7-11(19-2)8-21-12/h3-8H,1-2H3,(H2,16,17). The topological polar surface area (TPSA) is 70.5 Å². The molecule has 0 aliphatic heterocycles. The minimum atomic E-state index is 0.363. The second kappa shape index (κ2) is 5.49. The molecule has 0 unspecified atom stereocenters. The Balaban J connectivity index is 2.07. The zero-order valence-corrected chi connectivity index (χ0v) is 12.4. The van der Waals surface area contributed by atoms with E-state index in [9.17, 15) is 0 Å². The maximum Gasteiger partial charge on any atom is 0.186 e. The van der Waals surface area contributed by atoms with E-state index in [0.717, 1.165) is 27.5 Å². The van der Waals surface area contributed by atoms with Crippen LogP contribution in [0.5, 0.6) is 11.5 Å². The molecule has 0 aliphatic carbocycles. The molecule has 0 saturated heterocycles. The zero-order valence-electron chi connectivity index (χ0n) is 11.6. The minimum Gasteiger partial charge on any atom is -0.497 e. The predicted octanol–water partition coefficient (Wildman–Crippen LogP) is 3.67. The molecule has 0 atom stereocenters. The highest BCUT2D eigenvalue weighted by Gasteiger charge is 2.19. The first-order valence-electron chi connectivity index (χ1n) is 6.25. The second-order valence-electron chi connectivity index (χ2n) is 4.35. The SMILES string of the molecule is COc1ccc(-c2c(N)noc2-c2cc(OC)cs2)cc1. The lowest BCUT2D eigenvalue weighted by atomic mass is 10.0. The number of benzene rings is 1. The molecule has 108 valence electrons. The summed E-state index contributed by atoms with van der Waals surface area (Å²) in [5.74, 6) is 2.58. The number of aromatic nitrogens is 1. The van der Waals surface area contributed by atoms with Gasteiger partial charge in [-0.25, -0.2) is 0 Å². The molecule has 2 N–H and O–H groups in total. The largest absolute Gasteiger partial charge is 0.497 e. The van der Waals surface area contributed by atoms with Crippen molar-refractivity contribution < 1.29 is 14.0 Å². The van der Waals surface area contributed by atoms with Gasteiger partial charge in [-0.05, 0) is 17.7 Å². The molecule has 5 nitrogen and oxygen atoms in total. The summed E-state index contributed by atoms with van der Waals surface area (Å²) in [6.07, 6.45) is 0. The number of rotatable bonds is 4. The fourth-order valence-electron chi connectivity index (χ4n) is 2.05. The van der Waals surface area contributed by atoms with Crippen molar-refractivity contribution in [1.29, 1.82) is 0 Å². The highest BCUT2D eigenvalue weighted by molar-refractivity contribution is 7.13. The molecule has 1 aromatic carbocycles. The summed E-state index contributed by atoms with van der Waals surface area (Å²) < 4.78 is 15.8. The van der Waals surface area contributed by atoms with Crippen LogP contribution in [0, 0.1) is 0 Å². The molecular formula is C15H14N2O3S. The van der Waals surface area contributed by atoms with Gasteiger partial charge in [0, 0.05) is 11.4 Å². The van der Waals surface area contributed by atoms with Crippen LogP contribution in [0.2, 0.25) is 0 Å². The van der Waals surface area contributed by atoms with Gasteiger partial charge in [0.1, 0.15) is 11.5 Å². The summed E-state index contributed by atoms with van der Waals surface area (Å²) in [7, 11) is 3.26. The van der Waals surface area contributed by atoms with E-state index in [4.69, 9.17) is 19.7 Å². The molecule has 2 aromatic heterocycles. The van der Waals surface area contributed by atoms with Crippen LogP contribution in [-0.2, 0) is 0 Å². The van der Waals surface area contributed by atoms with Gasteiger partial charge in [-0.3, -0.25) is 0 Å². The van der Waals surface area contributed by atoms with E-state index in [-0.39, 0.29) is 0 Å². The van der Waals surface area contributed by atoms with Crippen LogP contribution in [0.4, 0.5) is 5.82 Å². The van der Waals surface area contributed by atoms with Crippen LogP contribution >= 0.6 is 11.3 Å². The molecule has 6 heteroatoms. The first-order valence-corrected chi connectivity index (χ1v) is 7.13. The van der Waals surface area contributed by atoms with Gasteiger partial charge < -0.3 is 19.7 Å². The Labute approximate surface area is 125 Å². The van der Waals surface area contributed by atoms with Crippen molar-refractivity contribution >= 4 is 17.2 Å². The van der Waals surface area contributed by atoms with Crippen molar-refractivity contribution in [1.82, 2.24) is 5.16 Å². The van der Waals surface area contributed by atoms with E-state index in [1.165, 1.54) is 11.3 Å². The molecule has 0 radical (unpaired) electrons. The van der Waals surface area contributed by atoms with Crippen molar-refractivity contribution in [2.45, 2.75) is 0 Å². The number of methoxy groups -OCH3 is 2. The first-order chi connectivity index (χ1) is 10.2. The summed E-state index contributed by atoms with van der Waals surface area (Å²) in [6.45, 7) is 0. The normalized spacial score (nSPS) is 10.6. The molecule has 0 spiro atoms. The summed E-state index contributed by atoms with van der Waals surface area (Å²) >= 11 is 1.52. The van der Waals surface area contributed by atoms with Gasteiger partial charge in [-0.1, -0.05) is 17.3 Å². The van der Waals surface area contributed by atoms with Gasteiger partial charge in [-0.15, -0.1) is 11.3 Å². The molecule has 0 saturated carbocycles. The van der Waals surface area contributed by atoms with Gasteiger partial charge in [-0.2, -0.15) is 0 Å². The molecule has 21 heavy (non-hydrogen) atoms. The Morgan fingerprint density at radius 1 is 1.10 bits per heavy atom. The fraction of sp³-hybridized carbons (Fsp3) is 0.133. The highest BCUT2D eigenvalue weighted by atomic mass is 32.1. The Bertz CT molecular complexity index is 747. The first kappa shape index (κ1) is 13.5. The van der Waals surface area contributed by atoms with Crippen LogP contribution in [0.3, 0.4) is 0 Å². The summed E-state index contributed by atoms with van der Waals surface area (Å²) in [6, 6.07) is 9.50. The van der Waals surface area contributed by atoms with Crippen molar-refractivity contribution in [3.05, 3.63) is 35.7 Å². The van der Waals surface area contributed by atoms with Crippen molar-refractivity contribution in [3.8, 4) is 33.3 Å². The van der Waals surface area contributed by atoms with Crippen molar-refractivity contribution in [3.63, 3.8) is 0 Å². The van der Waals surface area contributed by atoms with Gasteiger partial charge in [0.15, 0.2) is 11.6 Å². The summed E-state index contributed by atoms with van der Waals surface area (Å²) in [5, 5.41) is 5.79. The summed E-state index contributed by atoms with van der Waals surface area (Å²) in [4.78, 5) is 0.918. The maximum atomic E-state index is 5.96. The molecule has 0 aliphatic rings. The summed E-state index contributed by atoms with van der Waals surface area (Å²) in [5.41, 5.74) is 7.67. The third kappa shape index (κ3) is 2.45. The van der Waals surface area contributed by atoms with E-state index < -0.39 is 0 Å². The molecule has 3 aromatic rings. The van der Waals surface area contributed by atoms with Gasteiger partial charge in [0.05, 0.1) is 24.7 Å². The average molecular weight is 302 g/mol. The van der Waals surface area contributed by atoms with E-state index in [0.29, 0.717) is 11.6 Å². The Kier molecular flexibility index (Phi) is 3.53. The van der Waals surface area contributed by atoms with Crippen LogP contribution < -0.4 is 15.2 Å². The number of ether oxygens (including phenoxy) is 2. The Morgan fingerprint density at radius 3 is 2.43 bits per heavy atom. The molecular weight excluding hydrogens is 288 g/mol. The Morgan fingerprint density at radius 2 is 1.81 bits per heavy atom. The quantitative estimate of drug-likeness (QED) is 0.796. The monoisotopic (exact) mass is 302 g/mol. The lowest BCUT2D eigenvalue weighted by molar-refractivity contribution is 0.415. The third-order valence-corrected chi connectivity index (χ3v) is 4.04. The van der Waals surface area contributed by atoms with E-state index in [1.54, 1.807) is 14.2 Å². The number of hydrogen-bond acceptors (Lipinski definition) is 6. The number of hydrogen-bond donors (Lipinski definition) is 1. The van der Waals surface area contributed by atoms with Crippen molar-refractivity contribution in [2.24, 2.45) is 0 Å². The lowest BCUT2D eigenvalue weighted by Gasteiger charge is -2.03. The van der Waals surface area contributed by atoms with Crippen LogP contribution in [-0.4, -0.2) is 19.4 Å². The number of nitrogen functional groups attached to an aromatic ring is 1. The maximum absolute atomic E-state index is 5.96. The van der Waals surface area contributed by atoms with E-state index in [1.807, 2.05) is 35.7 Å². The molecule has 0 fully saturated rings. The van der Waals surface area contributed by atoms with Crippen molar-refractivity contribution in [2.75, 3.05) is 20.0 Å². The predicted molar refractivity (Wildman–Crippen MR) is 82.8 cm³/mol. The highest BCUT2D eigenvalue weighted by Crippen LogP contribution is 2.40. The van der Waals surface area contributed by atoms with Crippen LogP contribution in [0.15, 0.2) is 40.2 Å². The number of nitrogens with two attached hydrogens (primary N) is 1. The fourth-order valence-corrected chi connectivity index (χ4v) is 2.89. The van der Waals surface area contributed by atoms with Crippen LogP contribution in [0.25, 0.3) is 21.8 Å².